The topological polar surface area (TPSA) is 105 Å². The number of carbonyl (C=O) groups excluding carboxylic acids is 2. The van der Waals surface area contributed by atoms with Crippen LogP contribution in [-0.4, -0.2) is 56.7 Å². The highest BCUT2D eigenvalue weighted by Gasteiger charge is 2.36. The second kappa shape index (κ2) is 8.05. The van der Waals surface area contributed by atoms with E-state index in [0.29, 0.717) is 42.6 Å². The number of fused-ring (bicyclic) bond motifs is 1. The van der Waals surface area contributed by atoms with Crippen LogP contribution < -0.4 is 10.0 Å². The van der Waals surface area contributed by atoms with E-state index in [4.69, 9.17) is 4.74 Å². The number of para-hydroxylation sites is 1. The maximum absolute atomic E-state index is 12.7. The highest BCUT2D eigenvalue weighted by molar-refractivity contribution is 8.01. The third-order valence-corrected chi connectivity index (χ3v) is 7.22. The molecule has 2 aliphatic rings. The fourth-order valence-corrected chi connectivity index (χ4v) is 5.23. The van der Waals surface area contributed by atoms with E-state index >= 15 is 0 Å². The summed E-state index contributed by atoms with van der Waals surface area (Å²) >= 11 is 1.13. The molecular weight excluding hydrogens is 414 g/mol. The Labute approximate surface area is 172 Å². The van der Waals surface area contributed by atoms with Gasteiger partial charge in [0.1, 0.15) is 0 Å². The number of nitrogens with zero attached hydrogens (tertiary/aromatic N) is 1. The first kappa shape index (κ1) is 19.7. The third-order valence-electron chi connectivity index (χ3n) is 4.58. The van der Waals surface area contributed by atoms with Gasteiger partial charge in [-0.25, -0.2) is 8.42 Å². The molecule has 0 bridgehead atoms. The number of benzene rings is 2. The second-order valence-electron chi connectivity index (χ2n) is 6.55. The lowest BCUT2D eigenvalue weighted by Crippen LogP contribution is -2.49. The zero-order valence-corrected chi connectivity index (χ0v) is 17.0. The van der Waals surface area contributed by atoms with Crippen molar-refractivity contribution in [3.63, 3.8) is 0 Å². The van der Waals surface area contributed by atoms with Crippen molar-refractivity contribution in [1.29, 1.82) is 0 Å². The fraction of sp³-hybridized carbons (Fsp3) is 0.263. The summed E-state index contributed by atoms with van der Waals surface area (Å²) in [6, 6.07) is 13.0. The molecule has 4 rings (SSSR count). The van der Waals surface area contributed by atoms with Crippen molar-refractivity contribution in [1.82, 2.24) is 4.90 Å². The summed E-state index contributed by atoms with van der Waals surface area (Å²) in [5.41, 5.74) is 0.821. The van der Waals surface area contributed by atoms with Crippen LogP contribution in [-0.2, 0) is 24.3 Å². The van der Waals surface area contributed by atoms with Gasteiger partial charge in [-0.05, 0) is 30.3 Å². The molecule has 2 N–H and O–H groups in total. The van der Waals surface area contributed by atoms with Gasteiger partial charge >= 0.3 is 0 Å². The normalized spacial score (nSPS) is 19.2. The Bertz CT molecular complexity index is 1040. The van der Waals surface area contributed by atoms with Gasteiger partial charge in [-0.15, -0.1) is 11.8 Å². The highest BCUT2D eigenvalue weighted by Crippen LogP contribution is 2.38. The van der Waals surface area contributed by atoms with Crippen LogP contribution >= 0.6 is 11.8 Å². The molecule has 2 aliphatic heterocycles. The van der Waals surface area contributed by atoms with Crippen LogP contribution in [0.2, 0.25) is 0 Å². The summed E-state index contributed by atoms with van der Waals surface area (Å²) in [5.74, 6) is -0.714. The number of ether oxygens (including phenoxy) is 1. The van der Waals surface area contributed by atoms with Crippen molar-refractivity contribution in [3.05, 3.63) is 48.5 Å². The number of anilines is 2. The van der Waals surface area contributed by atoms with E-state index in [2.05, 4.69) is 10.0 Å². The van der Waals surface area contributed by atoms with Gasteiger partial charge in [-0.2, -0.15) is 0 Å². The Morgan fingerprint density at radius 2 is 1.86 bits per heavy atom. The zero-order chi connectivity index (χ0) is 20.4. The van der Waals surface area contributed by atoms with Gasteiger partial charge in [-0.3, -0.25) is 14.3 Å². The van der Waals surface area contributed by atoms with E-state index in [1.165, 1.54) is 12.1 Å². The Balaban J connectivity index is 1.54. The van der Waals surface area contributed by atoms with Crippen molar-refractivity contribution in [2.75, 3.05) is 36.3 Å². The summed E-state index contributed by atoms with van der Waals surface area (Å²) < 4.78 is 33.0. The first-order valence-electron chi connectivity index (χ1n) is 9.00. The van der Waals surface area contributed by atoms with Crippen molar-refractivity contribution < 1.29 is 22.7 Å². The van der Waals surface area contributed by atoms with Crippen LogP contribution in [0.25, 0.3) is 0 Å². The summed E-state index contributed by atoms with van der Waals surface area (Å²) in [7, 11) is -3.81. The van der Waals surface area contributed by atoms with Gasteiger partial charge < -0.3 is 15.0 Å². The molecule has 1 saturated heterocycles. The lowest BCUT2D eigenvalue weighted by atomic mass is 10.2. The molecule has 0 radical (unpaired) electrons. The number of rotatable bonds is 4. The summed E-state index contributed by atoms with van der Waals surface area (Å²) in [6.07, 6.45) is 0. The van der Waals surface area contributed by atoms with Crippen molar-refractivity contribution in [2.45, 2.75) is 15.0 Å². The maximum Gasteiger partial charge on any atom is 0.261 e. The molecule has 0 saturated carbocycles. The van der Waals surface area contributed by atoms with E-state index in [1.54, 1.807) is 41.3 Å². The van der Waals surface area contributed by atoms with E-state index in [9.17, 15) is 18.0 Å². The second-order valence-corrected chi connectivity index (χ2v) is 9.38. The van der Waals surface area contributed by atoms with E-state index in [-0.39, 0.29) is 10.8 Å². The molecule has 8 nitrogen and oxygen atoms in total. The number of carbonyl (C=O) groups is 2. The van der Waals surface area contributed by atoms with Crippen LogP contribution in [0.4, 0.5) is 11.4 Å². The van der Waals surface area contributed by atoms with Crippen molar-refractivity contribution in [2.24, 2.45) is 0 Å². The molecule has 1 unspecified atom stereocenters. The van der Waals surface area contributed by atoms with Crippen LogP contribution in [0.3, 0.4) is 0 Å². The average molecular weight is 434 g/mol. The number of amides is 2. The number of sulfonamides is 1. The van der Waals surface area contributed by atoms with Crippen LogP contribution in [0.15, 0.2) is 58.3 Å². The number of morpholine rings is 1. The van der Waals surface area contributed by atoms with Gasteiger partial charge in [0.25, 0.3) is 10.0 Å². The number of nitrogens with one attached hydrogen (secondary N) is 2. The first-order chi connectivity index (χ1) is 13.9. The molecular formula is C19H19N3O5S2. The minimum Gasteiger partial charge on any atom is -0.378 e. The van der Waals surface area contributed by atoms with E-state index in [0.717, 1.165) is 11.8 Å². The van der Waals surface area contributed by atoms with Crippen LogP contribution in [0.1, 0.15) is 0 Å². The molecule has 0 aliphatic carbocycles. The summed E-state index contributed by atoms with van der Waals surface area (Å²) in [5, 5.41) is 1.78. The first-order valence-corrected chi connectivity index (χ1v) is 11.4. The molecule has 10 heteroatoms. The molecule has 0 aromatic heterocycles. The Hall–Kier alpha value is -2.56. The molecule has 2 heterocycles. The maximum atomic E-state index is 12.7. The van der Waals surface area contributed by atoms with E-state index in [1.807, 2.05) is 0 Å². The largest absolute Gasteiger partial charge is 0.378 e. The monoisotopic (exact) mass is 433 g/mol. The Morgan fingerprint density at radius 1 is 1.14 bits per heavy atom. The van der Waals surface area contributed by atoms with Crippen LogP contribution in [0.5, 0.6) is 0 Å². The lowest BCUT2D eigenvalue weighted by molar-refractivity contribution is -0.137. The van der Waals surface area contributed by atoms with E-state index < -0.39 is 21.2 Å². The molecule has 2 amide bonds. The number of thioether (sulfide) groups is 1. The summed E-state index contributed by atoms with van der Waals surface area (Å²) in [6.45, 7) is 1.82. The predicted molar refractivity (Wildman–Crippen MR) is 109 cm³/mol. The molecule has 29 heavy (non-hydrogen) atoms. The molecule has 1 atom stereocenters. The Kier molecular flexibility index (Phi) is 5.48. The molecule has 1 fully saturated rings. The molecule has 152 valence electrons. The third kappa shape index (κ3) is 4.24. The minimum atomic E-state index is -3.81. The van der Waals surface area contributed by atoms with Crippen LogP contribution in [0, 0.1) is 0 Å². The SMILES string of the molecule is O=C1Nc2cc(S(=O)(=O)Nc3ccccc3)ccc2SC1C(=O)N1CCOCC1. The Morgan fingerprint density at radius 3 is 2.59 bits per heavy atom. The van der Waals surface area contributed by atoms with Gasteiger partial charge in [-0.1, -0.05) is 18.2 Å². The number of hydrogen-bond donors (Lipinski definition) is 2. The lowest BCUT2D eigenvalue weighted by Gasteiger charge is -2.31. The average Bonchev–Trinajstić information content (AvgIpc) is 2.73. The van der Waals surface area contributed by atoms with Gasteiger partial charge in [0.2, 0.25) is 11.8 Å². The summed E-state index contributed by atoms with van der Waals surface area (Å²) in [4.78, 5) is 27.5. The highest BCUT2D eigenvalue weighted by atomic mass is 32.2. The molecule has 0 spiro atoms. The fourth-order valence-electron chi connectivity index (χ4n) is 3.09. The number of hydrogen-bond acceptors (Lipinski definition) is 6. The standard InChI is InChI=1S/C19H19N3O5S2/c23-18-17(19(24)22-8-10-27-11-9-22)28-16-7-6-14(12-15(16)20-18)29(25,26)21-13-4-2-1-3-5-13/h1-7,12,17,21H,8-11H2,(H,20,23). The van der Waals surface area contributed by atoms with Gasteiger partial charge in [0.15, 0.2) is 5.25 Å². The molecule has 2 aromatic carbocycles. The van der Waals surface area contributed by atoms with Crippen molar-refractivity contribution >= 4 is 45.0 Å². The molecule has 2 aromatic rings. The predicted octanol–water partition coefficient (Wildman–Crippen LogP) is 1.76. The zero-order valence-electron chi connectivity index (χ0n) is 15.3. The smallest absolute Gasteiger partial charge is 0.261 e. The van der Waals surface area contributed by atoms with Gasteiger partial charge in [0.05, 0.1) is 23.8 Å². The van der Waals surface area contributed by atoms with Crippen molar-refractivity contribution in [3.8, 4) is 0 Å². The quantitative estimate of drug-likeness (QED) is 0.712. The van der Waals surface area contributed by atoms with Gasteiger partial charge in [0, 0.05) is 23.7 Å². The minimum absolute atomic E-state index is 0.0268.